The van der Waals surface area contributed by atoms with Gasteiger partial charge in [0.25, 0.3) is 5.91 Å². The molecule has 3 rings (SSSR count). The Morgan fingerprint density at radius 2 is 1.72 bits per heavy atom. The normalized spacial score (nSPS) is 22.2. The molecule has 2 heterocycles. The van der Waals surface area contributed by atoms with Crippen molar-refractivity contribution in [1.82, 2.24) is 15.1 Å². The Balaban J connectivity index is 1.56. The SMILES string of the molecule is Cc1cccc(C)c1C(=O)N1CCC(N2CC[C@@H](NC(=O)O)C2)CC1. The van der Waals surface area contributed by atoms with Crippen molar-refractivity contribution in [3.05, 3.63) is 34.9 Å². The number of nitrogens with zero attached hydrogens (tertiary/aromatic N) is 2. The maximum Gasteiger partial charge on any atom is 0.404 e. The molecule has 2 saturated heterocycles. The van der Waals surface area contributed by atoms with Crippen molar-refractivity contribution in [2.45, 2.75) is 45.2 Å². The Labute approximate surface area is 148 Å². The maximum atomic E-state index is 12.9. The molecule has 0 unspecified atom stereocenters. The molecule has 6 nitrogen and oxygen atoms in total. The van der Waals surface area contributed by atoms with Gasteiger partial charge in [0.15, 0.2) is 0 Å². The first-order valence-electron chi connectivity index (χ1n) is 9.04. The Bertz CT molecular complexity index is 633. The molecule has 0 radical (unpaired) electrons. The maximum absolute atomic E-state index is 12.9. The lowest BCUT2D eigenvalue weighted by Crippen LogP contribution is -2.47. The number of carbonyl (C=O) groups is 2. The minimum absolute atomic E-state index is 0.0341. The number of aryl methyl sites for hydroxylation is 2. The van der Waals surface area contributed by atoms with Crippen molar-refractivity contribution in [2.24, 2.45) is 0 Å². The highest BCUT2D eigenvalue weighted by Gasteiger charge is 2.32. The third-order valence-corrected chi connectivity index (χ3v) is 5.51. The molecule has 1 aromatic carbocycles. The summed E-state index contributed by atoms with van der Waals surface area (Å²) in [5.74, 6) is 0.140. The zero-order chi connectivity index (χ0) is 18.0. The largest absolute Gasteiger partial charge is 0.465 e. The molecular weight excluding hydrogens is 318 g/mol. The molecule has 2 aliphatic rings. The summed E-state index contributed by atoms with van der Waals surface area (Å²) >= 11 is 0. The standard InChI is InChI=1S/C19H27N3O3/c1-13-4-3-5-14(2)17(13)18(23)21-10-7-16(8-11-21)22-9-6-15(12-22)20-19(24)25/h3-5,15-16,20H,6-12H2,1-2H3,(H,24,25)/t15-/m1/s1. The second-order valence-electron chi connectivity index (χ2n) is 7.22. The molecule has 0 aromatic heterocycles. The van der Waals surface area contributed by atoms with E-state index in [-0.39, 0.29) is 11.9 Å². The number of hydrogen-bond donors (Lipinski definition) is 2. The fourth-order valence-electron chi connectivity index (χ4n) is 4.16. The Hall–Kier alpha value is -2.08. The van der Waals surface area contributed by atoms with Gasteiger partial charge in [0.2, 0.25) is 0 Å². The molecular formula is C19H27N3O3. The molecule has 136 valence electrons. The summed E-state index contributed by atoms with van der Waals surface area (Å²) in [6.07, 6.45) is 1.83. The first-order chi connectivity index (χ1) is 12.0. The quantitative estimate of drug-likeness (QED) is 0.881. The number of carboxylic acid groups (broad SMARTS) is 1. The van der Waals surface area contributed by atoms with E-state index in [4.69, 9.17) is 5.11 Å². The van der Waals surface area contributed by atoms with Gasteiger partial charge in [0.1, 0.15) is 0 Å². The first kappa shape index (κ1) is 17.7. The van der Waals surface area contributed by atoms with Crippen LogP contribution >= 0.6 is 0 Å². The van der Waals surface area contributed by atoms with E-state index in [1.54, 1.807) is 0 Å². The molecule has 2 aliphatic heterocycles. The summed E-state index contributed by atoms with van der Waals surface area (Å²) in [7, 11) is 0. The Morgan fingerprint density at radius 3 is 2.32 bits per heavy atom. The minimum Gasteiger partial charge on any atom is -0.465 e. The fraction of sp³-hybridized carbons (Fsp3) is 0.579. The van der Waals surface area contributed by atoms with E-state index in [0.717, 1.165) is 62.1 Å². The molecule has 0 saturated carbocycles. The zero-order valence-electron chi connectivity index (χ0n) is 15.0. The van der Waals surface area contributed by atoms with Crippen LogP contribution in [0.5, 0.6) is 0 Å². The van der Waals surface area contributed by atoms with E-state index in [9.17, 15) is 9.59 Å². The van der Waals surface area contributed by atoms with Crippen LogP contribution in [0.2, 0.25) is 0 Å². The van der Waals surface area contributed by atoms with Gasteiger partial charge in [-0.3, -0.25) is 9.69 Å². The van der Waals surface area contributed by atoms with E-state index in [1.165, 1.54) is 0 Å². The number of benzene rings is 1. The second-order valence-corrected chi connectivity index (χ2v) is 7.22. The molecule has 6 heteroatoms. The van der Waals surface area contributed by atoms with Gasteiger partial charge in [-0.15, -0.1) is 0 Å². The van der Waals surface area contributed by atoms with Crippen LogP contribution in [0.1, 0.15) is 40.7 Å². The predicted molar refractivity (Wildman–Crippen MR) is 96.0 cm³/mol. The van der Waals surface area contributed by atoms with Gasteiger partial charge < -0.3 is 15.3 Å². The molecule has 1 atom stereocenters. The fourth-order valence-corrected chi connectivity index (χ4v) is 4.16. The average molecular weight is 345 g/mol. The summed E-state index contributed by atoms with van der Waals surface area (Å²) in [6.45, 7) is 7.23. The number of piperidine rings is 1. The molecule has 2 amide bonds. The van der Waals surface area contributed by atoms with Crippen LogP contribution in [0.4, 0.5) is 4.79 Å². The molecule has 0 bridgehead atoms. The number of likely N-dealkylation sites (tertiary alicyclic amines) is 2. The van der Waals surface area contributed by atoms with Gasteiger partial charge in [-0.1, -0.05) is 18.2 Å². The number of carbonyl (C=O) groups excluding carboxylic acids is 1. The average Bonchev–Trinajstić information content (AvgIpc) is 3.02. The van der Waals surface area contributed by atoms with Crippen LogP contribution in [0.15, 0.2) is 18.2 Å². The van der Waals surface area contributed by atoms with Crippen LogP contribution in [0.3, 0.4) is 0 Å². The summed E-state index contributed by atoms with van der Waals surface area (Å²) < 4.78 is 0. The van der Waals surface area contributed by atoms with Crippen LogP contribution in [0, 0.1) is 13.8 Å². The van der Waals surface area contributed by atoms with E-state index in [1.807, 2.05) is 36.9 Å². The predicted octanol–water partition coefficient (Wildman–Crippen LogP) is 2.25. The highest BCUT2D eigenvalue weighted by molar-refractivity contribution is 5.97. The summed E-state index contributed by atoms with van der Waals surface area (Å²) in [5.41, 5.74) is 2.91. The van der Waals surface area contributed by atoms with Gasteiger partial charge in [-0.25, -0.2) is 4.79 Å². The van der Waals surface area contributed by atoms with Crippen LogP contribution in [0.25, 0.3) is 0 Å². The van der Waals surface area contributed by atoms with Crippen molar-refractivity contribution in [3.63, 3.8) is 0 Å². The Kier molecular flexibility index (Phi) is 5.27. The third-order valence-electron chi connectivity index (χ3n) is 5.51. The van der Waals surface area contributed by atoms with Crippen molar-refractivity contribution in [1.29, 1.82) is 0 Å². The molecule has 2 fully saturated rings. The summed E-state index contributed by atoms with van der Waals surface area (Å²) in [5, 5.41) is 11.4. The molecule has 0 spiro atoms. The zero-order valence-corrected chi connectivity index (χ0v) is 15.0. The van der Waals surface area contributed by atoms with E-state index in [2.05, 4.69) is 10.2 Å². The van der Waals surface area contributed by atoms with Crippen LogP contribution in [-0.4, -0.2) is 65.2 Å². The van der Waals surface area contributed by atoms with E-state index < -0.39 is 6.09 Å². The minimum atomic E-state index is -0.944. The molecule has 2 N–H and O–H groups in total. The lowest BCUT2D eigenvalue weighted by Gasteiger charge is -2.37. The highest BCUT2D eigenvalue weighted by Crippen LogP contribution is 2.24. The van der Waals surface area contributed by atoms with Gasteiger partial charge >= 0.3 is 6.09 Å². The number of rotatable bonds is 3. The summed E-state index contributed by atoms with van der Waals surface area (Å²) in [6, 6.07) is 6.46. The third kappa shape index (κ3) is 3.95. The van der Waals surface area contributed by atoms with Gasteiger partial charge in [0.05, 0.1) is 0 Å². The van der Waals surface area contributed by atoms with Gasteiger partial charge in [-0.2, -0.15) is 0 Å². The Morgan fingerprint density at radius 1 is 1.08 bits per heavy atom. The van der Waals surface area contributed by atoms with Crippen LogP contribution < -0.4 is 5.32 Å². The molecule has 0 aliphatic carbocycles. The second kappa shape index (κ2) is 7.44. The number of hydrogen-bond acceptors (Lipinski definition) is 3. The molecule has 1 aromatic rings. The smallest absolute Gasteiger partial charge is 0.404 e. The van der Waals surface area contributed by atoms with Gasteiger partial charge in [-0.05, 0) is 44.2 Å². The lowest BCUT2D eigenvalue weighted by molar-refractivity contribution is 0.0640. The van der Waals surface area contributed by atoms with Crippen molar-refractivity contribution in [3.8, 4) is 0 Å². The monoisotopic (exact) mass is 345 g/mol. The van der Waals surface area contributed by atoms with E-state index >= 15 is 0 Å². The summed E-state index contributed by atoms with van der Waals surface area (Å²) in [4.78, 5) is 28.0. The van der Waals surface area contributed by atoms with E-state index in [0.29, 0.717) is 6.04 Å². The number of nitrogens with one attached hydrogen (secondary N) is 1. The van der Waals surface area contributed by atoms with Crippen molar-refractivity contribution in [2.75, 3.05) is 26.2 Å². The topological polar surface area (TPSA) is 72.9 Å². The number of amides is 2. The van der Waals surface area contributed by atoms with Gasteiger partial charge in [0, 0.05) is 43.8 Å². The van der Waals surface area contributed by atoms with Crippen LogP contribution in [-0.2, 0) is 0 Å². The molecule has 25 heavy (non-hydrogen) atoms. The van der Waals surface area contributed by atoms with Crippen molar-refractivity contribution < 1.29 is 14.7 Å². The highest BCUT2D eigenvalue weighted by atomic mass is 16.4. The lowest BCUT2D eigenvalue weighted by atomic mass is 9.98. The van der Waals surface area contributed by atoms with Crippen molar-refractivity contribution >= 4 is 12.0 Å². The first-order valence-corrected chi connectivity index (χ1v) is 9.04.